The first-order valence-corrected chi connectivity index (χ1v) is 11.3. The van der Waals surface area contributed by atoms with Crippen molar-refractivity contribution in [1.29, 1.82) is 0 Å². The number of nitrogens with zero attached hydrogens (tertiary/aromatic N) is 3. The molecule has 0 bridgehead atoms. The molecule has 1 aliphatic rings. The molecule has 1 amide bonds. The van der Waals surface area contributed by atoms with Crippen molar-refractivity contribution in [1.82, 2.24) is 14.9 Å². The van der Waals surface area contributed by atoms with E-state index in [0.717, 1.165) is 18.5 Å². The van der Waals surface area contributed by atoms with Gasteiger partial charge < -0.3 is 23.8 Å². The lowest BCUT2D eigenvalue weighted by atomic mass is 10.1. The molecule has 8 heteroatoms. The van der Waals surface area contributed by atoms with Crippen molar-refractivity contribution in [3.63, 3.8) is 0 Å². The summed E-state index contributed by atoms with van der Waals surface area (Å²) in [6, 6.07) is 5.33. The molecule has 0 radical (unpaired) electrons. The van der Waals surface area contributed by atoms with Crippen molar-refractivity contribution >= 4 is 5.91 Å². The van der Waals surface area contributed by atoms with Crippen LogP contribution in [-0.4, -0.2) is 59.8 Å². The standard InChI is InChI=1S/C24H33N3O5/c1-6-29-20-14-18(15-21(30-7-2)23(20)31-8-3)24(28)27-11-9-19(10-12-27)32-22-13-16(4)25-17(5)26-22/h13-15,19H,6-12H2,1-5H3. The van der Waals surface area contributed by atoms with Crippen molar-refractivity contribution in [2.75, 3.05) is 32.9 Å². The van der Waals surface area contributed by atoms with E-state index in [4.69, 9.17) is 18.9 Å². The lowest BCUT2D eigenvalue weighted by Crippen LogP contribution is -2.41. The van der Waals surface area contributed by atoms with Crippen LogP contribution in [0.2, 0.25) is 0 Å². The molecule has 0 aliphatic carbocycles. The van der Waals surface area contributed by atoms with Gasteiger partial charge in [-0.25, -0.2) is 4.98 Å². The van der Waals surface area contributed by atoms with Crippen LogP contribution in [0.1, 0.15) is 55.5 Å². The lowest BCUT2D eigenvalue weighted by Gasteiger charge is -2.32. The van der Waals surface area contributed by atoms with Crippen LogP contribution in [0, 0.1) is 13.8 Å². The quantitative estimate of drug-likeness (QED) is 0.580. The number of carbonyl (C=O) groups is 1. The van der Waals surface area contributed by atoms with Crippen LogP contribution in [0.4, 0.5) is 0 Å². The molecule has 0 atom stereocenters. The molecule has 1 fully saturated rings. The van der Waals surface area contributed by atoms with Crippen molar-refractivity contribution in [2.45, 2.75) is 53.6 Å². The Hall–Kier alpha value is -3.03. The molecule has 1 saturated heterocycles. The largest absolute Gasteiger partial charge is 0.490 e. The van der Waals surface area contributed by atoms with Gasteiger partial charge in [-0.3, -0.25) is 4.79 Å². The SMILES string of the molecule is CCOc1cc(C(=O)N2CCC(Oc3cc(C)nc(C)n3)CC2)cc(OCC)c1OCC. The summed E-state index contributed by atoms with van der Waals surface area (Å²) in [5.41, 5.74) is 1.41. The molecule has 0 N–H and O–H groups in total. The van der Waals surface area contributed by atoms with Gasteiger partial charge in [-0.1, -0.05) is 0 Å². The molecule has 0 spiro atoms. The van der Waals surface area contributed by atoms with Crippen LogP contribution in [0.15, 0.2) is 18.2 Å². The van der Waals surface area contributed by atoms with E-state index in [9.17, 15) is 4.79 Å². The minimum Gasteiger partial charge on any atom is -0.490 e. The number of aryl methyl sites for hydroxylation is 2. The van der Waals surface area contributed by atoms with Crippen molar-refractivity contribution in [2.24, 2.45) is 0 Å². The molecule has 0 unspecified atom stereocenters. The van der Waals surface area contributed by atoms with Gasteiger partial charge in [-0.2, -0.15) is 4.98 Å². The second-order valence-corrected chi connectivity index (χ2v) is 7.60. The average molecular weight is 444 g/mol. The third-order valence-corrected chi connectivity index (χ3v) is 5.12. The molecule has 1 aliphatic heterocycles. The van der Waals surface area contributed by atoms with E-state index in [1.54, 1.807) is 12.1 Å². The molecule has 1 aromatic carbocycles. The van der Waals surface area contributed by atoms with E-state index in [-0.39, 0.29) is 12.0 Å². The van der Waals surface area contributed by atoms with Crippen LogP contribution < -0.4 is 18.9 Å². The van der Waals surface area contributed by atoms with Gasteiger partial charge in [0.15, 0.2) is 11.5 Å². The number of carbonyl (C=O) groups excluding carboxylic acids is 1. The zero-order valence-corrected chi connectivity index (χ0v) is 19.6. The summed E-state index contributed by atoms with van der Waals surface area (Å²) in [5.74, 6) is 2.82. The molecular formula is C24H33N3O5. The first-order valence-electron chi connectivity index (χ1n) is 11.3. The van der Waals surface area contributed by atoms with E-state index in [1.165, 1.54) is 0 Å². The van der Waals surface area contributed by atoms with E-state index >= 15 is 0 Å². The number of amides is 1. The Kier molecular flexibility index (Phi) is 8.14. The predicted molar refractivity (Wildman–Crippen MR) is 121 cm³/mol. The molecule has 32 heavy (non-hydrogen) atoms. The molecular weight excluding hydrogens is 410 g/mol. The van der Waals surface area contributed by atoms with Gasteiger partial charge in [-0.05, 0) is 46.8 Å². The van der Waals surface area contributed by atoms with Crippen molar-refractivity contribution < 1.29 is 23.7 Å². The summed E-state index contributed by atoms with van der Waals surface area (Å²) in [5, 5.41) is 0. The smallest absolute Gasteiger partial charge is 0.254 e. The number of hydrogen-bond acceptors (Lipinski definition) is 7. The topological polar surface area (TPSA) is 83.0 Å². The highest BCUT2D eigenvalue weighted by atomic mass is 16.5. The Morgan fingerprint density at radius 2 is 1.53 bits per heavy atom. The lowest BCUT2D eigenvalue weighted by molar-refractivity contribution is 0.0586. The fourth-order valence-electron chi connectivity index (χ4n) is 3.79. The van der Waals surface area contributed by atoms with E-state index in [1.807, 2.05) is 45.6 Å². The normalized spacial score (nSPS) is 14.2. The first-order chi connectivity index (χ1) is 15.4. The summed E-state index contributed by atoms with van der Waals surface area (Å²) < 4.78 is 23.3. The highest BCUT2D eigenvalue weighted by molar-refractivity contribution is 5.95. The fourth-order valence-corrected chi connectivity index (χ4v) is 3.79. The molecule has 8 nitrogen and oxygen atoms in total. The zero-order valence-electron chi connectivity index (χ0n) is 19.6. The van der Waals surface area contributed by atoms with E-state index in [0.29, 0.717) is 67.4 Å². The van der Waals surface area contributed by atoms with Gasteiger partial charge in [0.25, 0.3) is 5.91 Å². The number of piperidine rings is 1. The number of aromatic nitrogens is 2. The minimum absolute atomic E-state index is 0.0195. The third-order valence-electron chi connectivity index (χ3n) is 5.12. The molecule has 174 valence electrons. The molecule has 2 heterocycles. The Balaban J connectivity index is 1.71. The Morgan fingerprint density at radius 1 is 0.938 bits per heavy atom. The second-order valence-electron chi connectivity index (χ2n) is 7.60. The summed E-state index contributed by atoms with van der Waals surface area (Å²) in [6.07, 6.45) is 1.49. The van der Waals surface area contributed by atoms with Crippen LogP contribution in [-0.2, 0) is 0 Å². The van der Waals surface area contributed by atoms with Crippen LogP contribution in [0.3, 0.4) is 0 Å². The predicted octanol–water partition coefficient (Wildman–Crippen LogP) is 3.97. The maximum Gasteiger partial charge on any atom is 0.254 e. The second kappa shape index (κ2) is 11.0. The van der Waals surface area contributed by atoms with Gasteiger partial charge in [0.1, 0.15) is 11.9 Å². The molecule has 3 rings (SSSR count). The van der Waals surface area contributed by atoms with Crippen molar-refractivity contribution in [3.05, 3.63) is 35.3 Å². The fraction of sp³-hybridized carbons (Fsp3) is 0.542. The number of ether oxygens (including phenoxy) is 4. The van der Waals surface area contributed by atoms with E-state index < -0.39 is 0 Å². The van der Waals surface area contributed by atoms with Crippen molar-refractivity contribution in [3.8, 4) is 23.1 Å². The van der Waals surface area contributed by atoms with Crippen LogP contribution in [0.5, 0.6) is 23.1 Å². The van der Waals surface area contributed by atoms with Gasteiger partial charge in [0.05, 0.1) is 19.8 Å². The maximum absolute atomic E-state index is 13.2. The monoisotopic (exact) mass is 443 g/mol. The Morgan fingerprint density at radius 3 is 2.06 bits per heavy atom. The highest BCUT2D eigenvalue weighted by Gasteiger charge is 2.27. The molecule has 0 saturated carbocycles. The minimum atomic E-state index is -0.0536. The summed E-state index contributed by atoms with van der Waals surface area (Å²) in [4.78, 5) is 23.7. The Labute approximate surface area is 189 Å². The number of benzene rings is 1. The van der Waals surface area contributed by atoms with Crippen LogP contribution in [0.25, 0.3) is 0 Å². The highest BCUT2D eigenvalue weighted by Crippen LogP contribution is 2.39. The molecule has 1 aromatic heterocycles. The van der Waals surface area contributed by atoms with E-state index in [2.05, 4.69) is 9.97 Å². The summed E-state index contributed by atoms with van der Waals surface area (Å²) >= 11 is 0. The zero-order chi connectivity index (χ0) is 23.1. The Bertz CT molecular complexity index is 879. The van der Waals surface area contributed by atoms with Gasteiger partial charge in [0, 0.05) is 43.3 Å². The summed E-state index contributed by atoms with van der Waals surface area (Å²) in [7, 11) is 0. The van der Waals surface area contributed by atoms with Crippen LogP contribution >= 0.6 is 0 Å². The van der Waals surface area contributed by atoms with Gasteiger partial charge in [0.2, 0.25) is 11.6 Å². The summed E-state index contributed by atoms with van der Waals surface area (Å²) in [6.45, 7) is 12.1. The third kappa shape index (κ3) is 5.81. The molecule has 2 aromatic rings. The number of likely N-dealkylation sites (tertiary alicyclic amines) is 1. The van der Waals surface area contributed by atoms with Gasteiger partial charge >= 0.3 is 0 Å². The number of hydrogen-bond donors (Lipinski definition) is 0. The number of rotatable bonds is 9. The van der Waals surface area contributed by atoms with Gasteiger partial charge in [-0.15, -0.1) is 0 Å². The maximum atomic E-state index is 13.2. The average Bonchev–Trinajstić information content (AvgIpc) is 2.75. The first kappa shape index (κ1) is 23.6.